The third-order valence-electron chi connectivity index (χ3n) is 2.46. The largest absolute Gasteiger partial charge is 0.334 e. The van der Waals surface area contributed by atoms with Crippen LogP contribution in [0, 0.1) is 12.3 Å². The molecule has 1 aromatic carbocycles. The molecule has 0 radical (unpaired) electrons. The summed E-state index contributed by atoms with van der Waals surface area (Å²) < 4.78 is 1.76. The van der Waals surface area contributed by atoms with E-state index in [9.17, 15) is 4.79 Å². The van der Waals surface area contributed by atoms with Gasteiger partial charge in [0.15, 0.2) is 0 Å². The minimum absolute atomic E-state index is 0.217. The van der Waals surface area contributed by atoms with Gasteiger partial charge in [0.1, 0.15) is 0 Å². The van der Waals surface area contributed by atoms with E-state index in [4.69, 9.17) is 6.42 Å². The van der Waals surface area contributed by atoms with Crippen molar-refractivity contribution in [2.45, 2.75) is 6.54 Å². The number of amides is 2. The van der Waals surface area contributed by atoms with Crippen LogP contribution in [0.25, 0.3) is 5.69 Å². The van der Waals surface area contributed by atoms with Crippen LogP contribution < -0.4 is 10.6 Å². The molecule has 0 atom stereocenters. The SMILES string of the molecule is C#CCNC(=O)NCc1cnn(-c2ccccc2)c1. The fourth-order valence-electron chi connectivity index (χ4n) is 1.55. The van der Waals surface area contributed by atoms with Gasteiger partial charge in [-0.15, -0.1) is 6.42 Å². The van der Waals surface area contributed by atoms with Crippen molar-refractivity contribution < 1.29 is 4.79 Å². The maximum atomic E-state index is 11.3. The van der Waals surface area contributed by atoms with Gasteiger partial charge in [0, 0.05) is 18.3 Å². The van der Waals surface area contributed by atoms with Crippen LogP contribution in [0.3, 0.4) is 0 Å². The Morgan fingerprint density at radius 1 is 1.32 bits per heavy atom. The molecule has 5 nitrogen and oxygen atoms in total. The van der Waals surface area contributed by atoms with Gasteiger partial charge in [0.05, 0.1) is 18.4 Å². The molecule has 5 heteroatoms. The lowest BCUT2D eigenvalue weighted by atomic mass is 10.3. The Kier molecular flexibility index (Phi) is 4.19. The van der Waals surface area contributed by atoms with Crippen molar-refractivity contribution in [2.24, 2.45) is 0 Å². The quantitative estimate of drug-likeness (QED) is 0.808. The smallest absolute Gasteiger partial charge is 0.315 e. The molecule has 2 amide bonds. The zero-order valence-corrected chi connectivity index (χ0v) is 10.3. The molecule has 2 N–H and O–H groups in total. The predicted octanol–water partition coefficient (Wildman–Crippen LogP) is 1.30. The van der Waals surface area contributed by atoms with E-state index in [1.165, 1.54) is 0 Å². The van der Waals surface area contributed by atoms with Crippen molar-refractivity contribution in [1.82, 2.24) is 20.4 Å². The average molecular weight is 254 g/mol. The summed E-state index contributed by atoms with van der Waals surface area (Å²) in [6, 6.07) is 9.48. The minimum atomic E-state index is -0.287. The highest BCUT2D eigenvalue weighted by molar-refractivity contribution is 5.74. The van der Waals surface area contributed by atoms with E-state index in [2.05, 4.69) is 21.7 Å². The van der Waals surface area contributed by atoms with Crippen LogP contribution in [0.1, 0.15) is 5.56 Å². The van der Waals surface area contributed by atoms with E-state index >= 15 is 0 Å². The Labute approximate surface area is 111 Å². The molecule has 0 saturated carbocycles. The topological polar surface area (TPSA) is 59.0 Å². The summed E-state index contributed by atoms with van der Waals surface area (Å²) in [4.78, 5) is 11.3. The first-order valence-corrected chi connectivity index (χ1v) is 5.84. The van der Waals surface area contributed by atoms with Crippen molar-refractivity contribution in [2.75, 3.05) is 6.54 Å². The van der Waals surface area contributed by atoms with E-state index in [1.807, 2.05) is 36.5 Å². The summed E-state index contributed by atoms with van der Waals surface area (Å²) in [7, 11) is 0. The van der Waals surface area contributed by atoms with Gasteiger partial charge < -0.3 is 10.6 Å². The van der Waals surface area contributed by atoms with Crippen molar-refractivity contribution in [3.63, 3.8) is 0 Å². The molecule has 2 aromatic rings. The van der Waals surface area contributed by atoms with Gasteiger partial charge in [0.25, 0.3) is 0 Å². The van der Waals surface area contributed by atoms with Crippen LogP contribution in [0.2, 0.25) is 0 Å². The highest BCUT2D eigenvalue weighted by atomic mass is 16.2. The van der Waals surface area contributed by atoms with E-state index in [0.29, 0.717) is 6.54 Å². The maximum Gasteiger partial charge on any atom is 0.315 e. The molecule has 0 aliphatic rings. The first-order chi connectivity index (χ1) is 9.29. The molecular formula is C14H14N4O. The Morgan fingerprint density at radius 2 is 2.11 bits per heavy atom. The number of urea groups is 1. The molecule has 0 aliphatic heterocycles. The molecular weight excluding hydrogens is 240 g/mol. The zero-order valence-electron chi connectivity index (χ0n) is 10.3. The summed E-state index contributed by atoms with van der Waals surface area (Å²) in [5, 5.41) is 9.47. The number of aromatic nitrogens is 2. The van der Waals surface area contributed by atoms with Gasteiger partial charge in [-0.25, -0.2) is 9.48 Å². The average Bonchev–Trinajstić information content (AvgIpc) is 2.93. The second-order valence-electron chi connectivity index (χ2n) is 3.87. The molecule has 0 aliphatic carbocycles. The van der Waals surface area contributed by atoms with E-state index in [-0.39, 0.29) is 12.6 Å². The summed E-state index contributed by atoms with van der Waals surface area (Å²) in [5.74, 6) is 2.33. The van der Waals surface area contributed by atoms with E-state index < -0.39 is 0 Å². The van der Waals surface area contributed by atoms with Crippen molar-refractivity contribution in [3.05, 3.63) is 48.3 Å². The lowest BCUT2D eigenvalue weighted by molar-refractivity contribution is 0.241. The normalized spacial score (nSPS) is 9.63. The lowest BCUT2D eigenvalue weighted by Gasteiger charge is -2.03. The molecule has 0 fully saturated rings. The standard InChI is InChI=1S/C14H14N4O/c1-2-8-15-14(19)16-9-12-10-17-18(11-12)13-6-4-3-5-7-13/h1,3-7,10-11H,8-9H2,(H2,15,16,19). The zero-order chi connectivity index (χ0) is 13.5. The number of rotatable bonds is 4. The van der Waals surface area contributed by atoms with E-state index in [1.54, 1.807) is 10.9 Å². The van der Waals surface area contributed by atoms with Gasteiger partial charge in [-0.2, -0.15) is 5.10 Å². The molecule has 96 valence electrons. The first-order valence-electron chi connectivity index (χ1n) is 5.84. The van der Waals surface area contributed by atoms with Crippen molar-refractivity contribution in [1.29, 1.82) is 0 Å². The Balaban J connectivity index is 1.92. The minimum Gasteiger partial charge on any atom is -0.334 e. The fourth-order valence-corrected chi connectivity index (χ4v) is 1.55. The maximum absolute atomic E-state index is 11.3. The second kappa shape index (κ2) is 6.26. The van der Waals surface area contributed by atoms with Crippen LogP contribution in [0.15, 0.2) is 42.7 Å². The number of benzene rings is 1. The lowest BCUT2D eigenvalue weighted by Crippen LogP contribution is -2.35. The van der Waals surface area contributed by atoms with Gasteiger partial charge in [-0.3, -0.25) is 0 Å². The van der Waals surface area contributed by atoms with Crippen LogP contribution in [-0.4, -0.2) is 22.4 Å². The number of nitrogens with zero attached hydrogens (tertiary/aromatic N) is 2. The third-order valence-corrected chi connectivity index (χ3v) is 2.46. The molecule has 2 rings (SSSR count). The molecule has 1 heterocycles. The summed E-state index contributed by atoms with van der Waals surface area (Å²) >= 11 is 0. The third kappa shape index (κ3) is 3.61. The van der Waals surface area contributed by atoms with Gasteiger partial charge in [-0.1, -0.05) is 24.1 Å². The predicted molar refractivity (Wildman–Crippen MR) is 72.6 cm³/mol. The summed E-state index contributed by atoms with van der Waals surface area (Å²) in [6.45, 7) is 0.623. The number of terminal acetylenes is 1. The number of hydrogen-bond acceptors (Lipinski definition) is 2. The number of carbonyl (C=O) groups excluding carboxylic acids is 1. The van der Waals surface area contributed by atoms with Crippen LogP contribution in [0.4, 0.5) is 4.79 Å². The molecule has 19 heavy (non-hydrogen) atoms. The molecule has 0 saturated heterocycles. The Bertz CT molecular complexity index is 583. The number of carbonyl (C=O) groups is 1. The number of hydrogen-bond donors (Lipinski definition) is 2. The van der Waals surface area contributed by atoms with Crippen LogP contribution in [0.5, 0.6) is 0 Å². The number of nitrogens with one attached hydrogen (secondary N) is 2. The molecule has 0 spiro atoms. The van der Waals surface area contributed by atoms with Gasteiger partial charge >= 0.3 is 6.03 Å². The summed E-state index contributed by atoms with van der Waals surface area (Å²) in [6.07, 6.45) is 8.63. The highest BCUT2D eigenvalue weighted by Gasteiger charge is 2.02. The Hall–Kier alpha value is -2.74. The highest BCUT2D eigenvalue weighted by Crippen LogP contribution is 2.07. The van der Waals surface area contributed by atoms with Crippen molar-refractivity contribution >= 4 is 6.03 Å². The molecule has 1 aromatic heterocycles. The van der Waals surface area contributed by atoms with Gasteiger partial charge in [-0.05, 0) is 12.1 Å². The second-order valence-corrected chi connectivity index (χ2v) is 3.87. The molecule has 0 unspecified atom stereocenters. The summed E-state index contributed by atoms with van der Waals surface area (Å²) in [5.41, 5.74) is 1.89. The fraction of sp³-hybridized carbons (Fsp3) is 0.143. The van der Waals surface area contributed by atoms with E-state index in [0.717, 1.165) is 11.3 Å². The van der Waals surface area contributed by atoms with Crippen LogP contribution >= 0.6 is 0 Å². The molecule has 0 bridgehead atoms. The monoisotopic (exact) mass is 254 g/mol. The van der Waals surface area contributed by atoms with Crippen molar-refractivity contribution in [3.8, 4) is 18.0 Å². The van der Waals surface area contributed by atoms with Crippen LogP contribution in [-0.2, 0) is 6.54 Å². The first kappa shape index (κ1) is 12.7. The van der Waals surface area contributed by atoms with Gasteiger partial charge in [0.2, 0.25) is 0 Å². The number of para-hydroxylation sites is 1. The Morgan fingerprint density at radius 3 is 2.84 bits per heavy atom.